The second kappa shape index (κ2) is 10.5. The van der Waals surface area contributed by atoms with Crippen molar-refractivity contribution in [3.63, 3.8) is 0 Å². The average molecular weight is 407 g/mol. The van der Waals surface area contributed by atoms with Crippen LogP contribution in [0.5, 0.6) is 0 Å². The lowest BCUT2D eigenvalue weighted by Crippen LogP contribution is -2.33. The molecule has 0 spiro atoms. The molecule has 3 rings (SSSR count). The lowest BCUT2D eigenvalue weighted by Gasteiger charge is -2.22. The van der Waals surface area contributed by atoms with Gasteiger partial charge >= 0.3 is 0 Å². The van der Waals surface area contributed by atoms with Crippen LogP contribution in [0, 0.1) is 11.3 Å². The van der Waals surface area contributed by atoms with Crippen LogP contribution in [0.3, 0.4) is 0 Å². The van der Waals surface area contributed by atoms with Crippen LogP contribution in [0.2, 0.25) is 0 Å². The van der Waals surface area contributed by atoms with E-state index in [9.17, 15) is 4.79 Å². The van der Waals surface area contributed by atoms with E-state index in [0.717, 1.165) is 16.0 Å². The molecule has 29 heavy (non-hydrogen) atoms. The van der Waals surface area contributed by atoms with Crippen molar-refractivity contribution in [2.75, 3.05) is 20.3 Å². The number of rotatable bonds is 9. The first-order valence-corrected chi connectivity index (χ1v) is 10.2. The monoisotopic (exact) mass is 406 g/mol. The minimum Gasteiger partial charge on any atom is -0.459 e. The summed E-state index contributed by atoms with van der Waals surface area (Å²) in [6.45, 7) is 1.29. The molecule has 148 valence electrons. The third kappa shape index (κ3) is 5.74. The van der Waals surface area contributed by atoms with Crippen LogP contribution in [-0.2, 0) is 17.0 Å². The number of hydrogen-bond donors (Lipinski definition) is 0. The maximum absolute atomic E-state index is 13.2. The molecule has 0 saturated heterocycles. The SMILES string of the molecule is COCCN(Cc1ccc(C#N)cc1)C(=O)c1occc1CSc1ccccc1. The number of benzene rings is 2. The number of ether oxygens (including phenoxy) is 1. The molecule has 0 fully saturated rings. The summed E-state index contributed by atoms with van der Waals surface area (Å²) in [7, 11) is 1.61. The summed E-state index contributed by atoms with van der Waals surface area (Å²) in [6, 6.07) is 21.2. The topological polar surface area (TPSA) is 66.5 Å². The molecule has 0 bridgehead atoms. The van der Waals surface area contributed by atoms with E-state index in [1.54, 1.807) is 42.2 Å². The highest BCUT2D eigenvalue weighted by molar-refractivity contribution is 7.98. The van der Waals surface area contributed by atoms with Gasteiger partial charge < -0.3 is 14.1 Å². The fraction of sp³-hybridized carbons (Fsp3) is 0.217. The summed E-state index contributed by atoms with van der Waals surface area (Å²) < 4.78 is 10.7. The Balaban J connectivity index is 1.73. The van der Waals surface area contributed by atoms with E-state index in [0.29, 0.717) is 36.8 Å². The Kier molecular flexibility index (Phi) is 7.51. The van der Waals surface area contributed by atoms with Gasteiger partial charge in [-0.2, -0.15) is 5.26 Å². The number of hydrogen-bond acceptors (Lipinski definition) is 5. The first-order chi connectivity index (χ1) is 14.2. The molecule has 2 aromatic carbocycles. The summed E-state index contributed by atoms with van der Waals surface area (Å²) in [5.41, 5.74) is 2.40. The molecule has 0 saturated carbocycles. The van der Waals surface area contributed by atoms with Gasteiger partial charge in [0.15, 0.2) is 5.76 Å². The number of nitriles is 1. The Hall–Kier alpha value is -3.01. The number of carbonyl (C=O) groups excluding carboxylic acids is 1. The minimum absolute atomic E-state index is 0.167. The summed E-state index contributed by atoms with van der Waals surface area (Å²) in [4.78, 5) is 16.0. The molecule has 6 heteroatoms. The lowest BCUT2D eigenvalue weighted by molar-refractivity contribution is 0.0648. The van der Waals surface area contributed by atoms with Gasteiger partial charge in [0.05, 0.1) is 24.5 Å². The van der Waals surface area contributed by atoms with E-state index in [1.165, 1.54) is 0 Å². The lowest BCUT2D eigenvalue weighted by atomic mass is 10.1. The van der Waals surface area contributed by atoms with Crippen molar-refractivity contribution in [3.8, 4) is 6.07 Å². The fourth-order valence-electron chi connectivity index (χ4n) is 2.82. The normalized spacial score (nSPS) is 10.5. The van der Waals surface area contributed by atoms with Crippen LogP contribution in [0.15, 0.2) is 76.2 Å². The smallest absolute Gasteiger partial charge is 0.290 e. The van der Waals surface area contributed by atoms with Gasteiger partial charge in [-0.1, -0.05) is 30.3 Å². The molecule has 0 aliphatic carbocycles. The molecular formula is C23H22N2O3S. The van der Waals surface area contributed by atoms with E-state index in [4.69, 9.17) is 14.4 Å². The number of carbonyl (C=O) groups is 1. The van der Waals surface area contributed by atoms with Gasteiger partial charge in [-0.25, -0.2) is 0 Å². The fourth-order valence-corrected chi connectivity index (χ4v) is 3.72. The molecule has 0 radical (unpaired) electrons. The molecule has 5 nitrogen and oxygen atoms in total. The molecule has 0 aliphatic heterocycles. The maximum Gasteiger partial charge on any atom is 0.290 e. The van der Waals surface area contributed by atoms with Crippen molar-refractivity contribution in [1.29, 1.82) is 5.26 Å². The van der Waals surface area contributed by atoms with Gasteiger partial charge in [0.2, 0.25) is 0 Å². The van der Waals surface area contributed by atoms with E-state index in [-0.39, 0.29) is 5.91 Å². The first kappa shape index (κ1) is 20.7. The van der Waals surface area contributed by atoms with Crippen LogP contribution in [0.1, 0.15) is 27.2 Å². The predicted octanol–water partition coefficient (Wildman–Crippen LogP) is 4.73. The minimum atomic E-state index is -0.167. The molecule has 0 N–H and O–H groups in total. The molecule has 1 aromatic heterocycles. The predicted molar refractivity (Wildman–Crippen MR) is 112 cm³/mol. The van der Waals surface area contributed by atoms with Crippen LogP contribution in [0.25, 0.3) is 0 Å². The second-order valence-corrected chi connectivity index (χ2v) is 7.45. The van der Waals surface area contributed by atoms with Gasteiger partial charge in [-0.3, -0.25) is 4.79 Å². The van der Waals surface area contributed by atoms with E-state index in [1.807, 2.05) is 48.5 Å². The van der Waals surface area contributed by atoms with Crippen molar-refractivity contribution < 1.29 is 13.9 Å². The number of methoxy groups -OCH3 is 1. The Labute approximate surface area is 174 Å². The largest absolute Gasteiger partial charge is 0.459 e. The van der Waals surface area contributed by atoms with Crippen molar-refractivity contribution in [3.05, 3.63) is 89.4 Å². The van der Waals surface area contributed by atoms with Gasteiger partial charge in [0, 0.05) is 36.4 Å². The number of thioether (sulfide) groups is 1. The van der Waals surface area contributed by atoms with Crippen molar-refractivity contribution in [2.24, 2.45) is 0 Å². The molecule has 3 aromatic rings. The van der Waals surface area contributed by atoms with Crippen molar-refractivity contribution >= 4 is 17.7 Å². The highest BCUT2D eigenvalue weighted by Crippen LogP contribution is 2.26. The van der Waals surface area contributed by atoms with Crippen LogP contribution in [0.4, 0.5) is 0 Å². The van der Waals surface area contributed by atoms with E-state index in [2.05, 4.69) is 6.07 Å². The van der Waals surface area contributed by atoms with E-state index < -0.39 is 0 Å². The van der Waals surface area contributed by atoms with Crippen molar-refractivity contribution in [2.45, 2.75) is 17.2 Å². The van der Waals surface area contributed by atoms with Gasteiger partial charge in [0.1, 0.15) is 0 Å². The Morgan fingerprint density at radius 2 is 1.90 bits per heavy atom. The highest BCUT2D eigenvalue weighted by Gasteiger charge is 2.22. The van der Waals surface area contributed by atoms with Crippen LogP contribution in [-0.4, -0.2) is 31.1 Å². The molecule has 0 aliphatic rings. The number of furan rings is 1. The number of amides is 1. The molecule has 1 heterocycles. The standard InChI is InChI=1S/C23H22N2O3S/c1-27-14-12-25(16-19-9-7-18(15-24)8-10-19)23(26)22-20(11-13-28-22)17-29-21-5-3-2-4-6-21/h2-11,13H,12,14,16-17H2,1H3. The van der Waals surface area contributed by atoms with Gasteiger partial charge in [-0.15, -0.1) is 11.8 Å². The van der Waals surface area contributed by atoms with E-state index >= 15 is 0 Å². The second-order valence-electron chi connectivity index (χ2n) is 6.40. The van der Waals surface area contributed by atoms with Gasteiger partial charge in [0.25, 0.3) is 5.91 Å². The summed E-state index contributed by atoms with van der Waals surface area (Å²) >= 11 is 1.66. The molecule has 0 unspecified atom stereocenters. The molecular weight excluding hydrogens is 384 g/mol. The Morgan fingerprint density at radius 3 is 2.59 bits per heavy atom. The van der Waals surface area contributed by atoms with Gasteiger partial charge in [-0.05, 0) is 35.9 Å². The number of nitrogens with zero attached hydrogens (tertiary/aromatic N) is 2. The van der Waals surface area contributed by atoms with Crippen LogP contribution >= 0.6 is 11.8 Å². The molecule has 0 atom stereocenters. The third-order valence-corrected chi connectivity index (χ3v) is 5.45. The Morgan fingerprint density at radius 1 is 1.14 bits per heavy atom. The van der Waals surface area contributed by atoms with Crippen LogP contribution < -0.4 is 0 Å². The zero-order valence-electron chi connectivity index (χ0n) is 16.2. The zero-order valence-corrected chi connectivity index (χ0v) is 17.0. The maximum atomic E-state index is 13.2. The highest BCUT2D eigenvalue weighted by atomic mass is 32.2. The summed E-state index contributed by atoms with van der Waals surface area (Å²) in [6.07, 6.45) is 1.56. The molecule has 1 amide bonds. The quantitative estimate of drug-likeness (QED) is 0.481. The Bertz CT molecular complexity index is 962. The third-order valence-electron chi connectivity index (χ3n) is 4.39. The summed E-state index contributed by atoms with van der Waals surface area (Å²) in [5, 5.41) is 8.96. The van der Waals surface area contributed by atoms with Crippen molar-refractivity contribution in [1.82, 2.24) is 4.90 Å². The zero-order chi connectivity index (χ0) is 20.5. The average Bonchev–Trinajstić information content (AvgIpc) is 3.24. The first-order valence-electron chi connectivity index (χ1n) is 9.22. The summed E-state index contributed by atoms with van der Waals surface area (Å²) in [5.74, 6) is 0.842.